The van der Waals surface area contributed by atoms with Crippen LogP contribution >= 0.6 is 0 Å². The minimum Gasteiger partial charge on any atom is -0.478 e. The zero-order chi connectivity index (χ0) is 28.2. The lowest BCUT2D eigenvalue weighted by Gasteiger charge is -2.41. The summed E-state index contributed by atoms with van der Waals surface area (Å²) in [6.07, 6.45) is -1.08. The summed E-state index contributed by atoms with van der Waals surface area (Å²) in [5.74, 6) is -1.04. The predicted molar refractivity (Wildman–Crippen MR) is 136 cm³/mol. The fraction of sp³-hybridized carbons (Fsp3) is 0.448. The van der Waals surface area contributed by atoms with Crippen molar-refractivity contribution in [3.63, 3.8) is 0 Å². The lowest BCUT2D eigenvalue weighted by molar-refractivity contribution is -0.274. The van der Waals surface area contributed by atoms with E-state index in [4.69, 9.17) is 9.26 Å². The molecule has 0 spiro atoms. The van der Waals surface area contributed by atoms with Gasteiger partial charge in [-0.2, -0.15) is 0 Å². The third kappa shape index (κ3) is 5.14. The van der Waals surface area contributed by atoms with Crippen LogP contribution in [0.1, 0.15) is 66.6 Å². The van der Waals surface area contributed by atoms with E-state index in [1.165, 1.54) is 30.3 Å². The van der Waals surface area contributed by atoms with Crippen molar-refractivity contribution in [1.29, 1.82) is 0 Å². The second kappa shape index (κ2) is 10.1. The number of aromatic carboxylic acids is 1. The number of fused-ring (bicyclic) bond motifs is 2. The van der Waals surface area contributed by atoms with E-state index in [0.717, 1.165) is 25.3 Å². The van der Waals surface area contributed by atoms with E-state index in [0.29, 0.717) is 29.9 Å². The Kier molecular flexibility index (Phi) is 6.72. The number of hydrogen-bond acceptors (Lipinski definition) is 6. The summed E-state index contributed by atoms with van der Waals surface area (Å²) in [5, 5.41) is 13.3. The molecule has 40 heavy (non-hydrogen) atoms. The van der Waals surface area contributed by atoms with Gasteiger partial charge in [0.1, 0.15) is 23.0 Å². The maximum absolute atomic E-state index is 15.0. The van der Waals surface area contributed by atoms with Gasteiger partial charge in [0.15, 0.2) is 0 Å². The molecule has 1 aliphatic carbocycles. The van der Waals surface area contributed by atoms with E-state index in [2.05, 4.69) is 21.7 Å². The zero-order valence-corrected chi connectivity index (χ0v) is 21.7. The summed E-state index contributed by atoms with van der Waals surface area (Å²) in [5.41, 5.74) is 1.37. The summed E-state index contributed by atoms with van der Waals surface area (Å²) in [4.78, 5) is 13.3. The Morgan fingerprint density at radius 2 is 1.93 bits per heavy atom. The first-order chi connectivity index (χ1) is 19.1. The predicted octanol–water partition coefficient (Wildman–Crippen LogP) is 6.92. The number of carboxylic acid groups (broad SMARTS) is 1. The summed E-state index contributed by atoms with van der Waals surface area (Å²) in [6.45, 7) is 2.23. The van der Waals surface area contributed by atoms with Gasteiger partial charge in [-0.25, -0.2) is 9.18 Å². The molecule has 3 aliphatic rings. The van der Waals surface area contributed by atoms with Gasteiger partial charge in [0.05, 0.1) is 24.0 Å². The molecule has 2 saturated heterocycles. The van der Waals surface area contributed by atoms with Gasteiger partial charge in [0, 0.05) is 29.1 Å². The van der Waals surface area contributed by atoms with Gasteiger partial charge < -0.3 is 24.0 Å². The number of carbonyl (C=O) groups is 1. The molecule has 1 N–H and O–H groups in total. The quantitative estimate of drug-likeness (QED) is 0.300. The minimum atomic E-state index is -4.85. The number of alkyl halides is 3. The third-order valence-corrected chi connectivity index (χ3v) is 8.16. The highest BCUT2D eigenvalue weighted by atomic mass is 19.4. The Labute approximate surface area is 227 Å². The maximum Gasteiger partial charge on any atom is 0.573 e. The van der Waals surface area contributed by atoms with Crippen LogP contribution < -0.4 is 9.64 Å². The second-order valence-corrected chi connectivity index (χ2v) is 10.9. The normalized spacial score (nSPS) is 24.4. The van der Waals surface area contributed by atoms with Crippen LogP contribution in [0.25, 0.3) is 11.3 Å². The number of carboxylic acids is 1. The number of ether oxygens (including phenoxy) is 2. The second-order valence-electron chi connectivity index (χ2n) is 10.9. The van der Waals surface area contributed by atoms with Gasteiger partial charge in [0.25, 0.3) is 0 Å². The largest absolute Gasteiger partial charge is 0.573 e. The summed E-state index contributed by atoms with van der Waals surface area (Å²) >= 11 is 0. The molecule has 0 amide bonds. The number of nitrogens with zero attached hydrogens (tertiary/aromatic N) is 2. The molecule has 3 aromatic rings. The fourth-order valence-corrected chi connectivity index (χ4v) is 6.25. The first kappa shape index (κ1) is 26.6. The third-order valence-electron chi connectivity index (χ3n) is 8.16. The standard InChI is InChI=1S/C29H28F4N2O5/c1-15-10-18-12-19(13-24(15)35(18)23-9-8-17(28(36)37)11-22(23)30)38-14-21-26(34-40-27(21)16-6-7-16)20-4-2-3-5-25(20)39-29(31,32)33/h2-5,8-9,11,15-16,18-19,24H,6-7,10,12-14H2,1H3,(H,36,37). The number of para-hydroxylation sites is 1. The average molecular weight is 561 g/mol. The Morgan fingerprint density at radius 3 is 2.60 bits per heavy atom. The number of benzene rings is 2. The van der Waals surface area contributed by atoms with Gasteiger partial charge in [-0.15, -0.1) is 13.2 Å². The van der Waals surface area contributed by atoms with Crippen LogP contribution in [-0.4, -0.2) is 40.8 Å². The van der Waals surface area contributed by atoms with Gasteiger partial charge in [0.2, 0.25) is 0 Å². The monoisotopic (exact) mass is 560 g/mol. The first-order valence-electron chi connectivity index (χ1n) is 13.4. The van der Waals surface area contributed by atoms with E-state index >= 15 is 0 Å². The Balaban J connectivity index is 1.22. The smallest absolute Gasteiger partial charge is 0.478 e. The van der Waals surface area contributed by atoms with Crippen LogP contribution in [0.15, 0.2) is 47.0 Å². The summed E-state index contributed by atoms with van der Waals surface area (Å²) in [7, 11) is 0. The highest BCUT2D eigenvalue weighted by Crippen LogP contribution is 2.47. The van der Waals surface area contributed by atoms with Crippen LogP contribution in [-0.2, 0) is 11.3 Å². The zero-order valence-electron chi connectivity index (χ0n) is 21.7. The molecule has 3 fully saturated rings. The highest BCUT2D eigenvalue weighted by Gasteiger charge is 2.46. The number of hydrogen-bond donors (Lipinski definition) is 1. The SMILES string of the molecule is CC1CC2CC(OCc3c(-c4ccccc4OC(F)(F)F)noc3C3CC3)CC1N2c1ccc(C(=O)O)cc1F. The molecule has 2 aromatic carbocycles. The number of aromatic nitrogens is 1. The first-order valence-corrected chi connectivity index (χ1v) is 13.4. The van der Waals surface area contributed by atoms with Crippen molar-refractivity contribution in [2.75, 3.05) is 4.90 Å². The number of piperidine rings is 1. The molecule has 0 radical (unpaired) electrons. The van der Waals surface area contributed by atoms with Gasteiger partial charge in [-0.3, -0.25) is 0 Å². The molecule has 3 heterocycles. The van der Waals surface area contributed by atoms with Crippen molar-refractivity contribution in [3.05, 3.63) is 65.2 Å². The number of rotatable bonds is 8. The van der Waals surface area contributed by atoms with Crippen molar-refractivity contribution >= 4 is 11.7 Å². The van der Waals surface area contributed by atoms with E-state index < -0.39 is 18.1 Å². The van der Waals surface area contributed by atoms with Crippen molar-refractivity contribution in [2.45, 2.75) is 76.1 Å². The minimum absolute atomic E-state index is 0.000290. The molecule has 1 aromatic heterocycles. The molecular formula is C29H28F4N2O5. The van der Waals surface area contributed by atoms with Crippen LogP contribution in [0.2, 0.25) is 0 Å². The molecule has 7 nitrogen and oxygen atoms in total. The van der Waals surface area contributed by atoms with Gasteiger partial charge in [-0.05, 0) is 68.4 Å². The summed E-state index contributed by atoms with van der Waals surface area (Å²) in [6, 6.07) is 9.85. The number of halogens is 4. The molecule has 1 saturated carbocycles. The van der Waals surface area contributed by atoms with Gasteiger partial charge in [-0.1, -0.05) is 24.2 Å². The van der Waals surface area contributed by atoms with Crippen LogP contribution in [0.5, 0.6) is 5.75 Å². The van der Waals surface area contributed by atoms with Crippen molar-refractivity contribution in [3.8, 4) is 17.0 Å². The molecule has 11 heteroatoms. The van der Waals surface area contributed by atoms with Crippen LogP contribution in [0, 0.1) is 11.7 Å². The molecule has 4 unspecified atom stereocenters. The average Bonchev–Trinajstić information content (AvgIpc) is 3.62. The van der Waals surface area contributed by atoms with Gasteiger partial charge >= 0.3 is 12.3 Å². The van der Waals surface area contributed by atoms with Crippen molar-refractivity contribution in [2.24, 2.45) is 5.92 Å². The molecule has 2 aliphatic heterocycles. The van der Waals surface area contributed by atoms with Crippen LogP contribution in [0.4, 0.5) is 23.2 Å². The van der Waals surface area contributed by atoms with E-state index in [1.54, 1.807) is 6.07 Å². The molecule has 4 atom stereocenters. The molecule has 212 valence electrons. The lowest BCUT2D eigenvalue weighted by atomic mass is 9.96. The van der Waals surface area contributed by atoms with Crippen molar-refractivity contribution < 1.29 is 41.5 Å². The lowest BCUT2D eigenvalue weighted by Crippen LogP contribution is -2.47. The Hall–Kier alpha value is -3.60. The van der Waals surface area contributed by atoms with E-state index in [9.17, 15) is 27.5 Å². The number of anilines is 1. The van der Waals surface area contributed by atoms with Crippen molar-refractivity contribution in [1.82, 2.24) is 5.16 Å². The fourth-order valence-electron chi connectivity index (χ4n) is 6.25. The highest BCUT2D eigenvalue weighted by molar-refractivity contribution is 5.88. The molecule has 2 bridgehead atoms. The topological polar surface area (TPSA) is 85.0 Å². The maximum atomic E-state index is 15.0. The Morgan fingerprint density at radius 1 is 1.15 bits per heavy atom. The molecular weight excluding hydrogens is 532 g/mol. The van der Waals surface area contributed by atoms with Crippen LogP contribution in [0.3, 0.4) is 0 Å². The molecule has 6 rings (SSSR count). The van der Waals surface area contributed by atoms with E-state index in [-0.39, 0.29) is 59.2 Å². The Bertz CT molecular complexity index is 1420. The summed E-state index contributed by atoms with van der Waals surface area (Å²) < 4.78 is 70.5. The van der Waals surface area contributed by atoms with E-state index in [1.807, 2.05) is 0 Å².